The second-order valence-electron chi connectivity index (χ2n) is 9.74. The first-order valence-corrected chi connectivity index (χ1v) is 9.28. The lowest BCUT2D eigenvalue weighted by Gasteiger charge is -2.65. The zero-order valence-electron chi connectivity index (χ0n) is 14.4. The van der Waals surface area contributed by atoms with Crippen LogP contribution in [0.1, 0.15) is 65.7 Å². The van der Waals surface area contributed by atoms with Gasteiger partial charge in [0.05, 0.1) is 12.2 Å². The van der Waals surface area contributed by atoms with Crippen LogP contribution in [-0.2, 0) is 0 Å². The van der Waals surface area contributed by atoms with Crippen molar-refractivity contribution in [3.05, 3.63) is 12.2 Å². The summed E-state index contributed by atoms with van der Waals surface area (Å²) in [6.45, 7) is 11.4. The molecule has 1 spiro atoms. The lowest BCUT2D eigenvalue weighted by atomic mass is 9.40. The zero-order chi connectivity index (χ0) is 15.9. The van der Waals surface area contributed by atoms with Gasteiger partial charge < -0.3 is 10.2 Å². The van der Waals surface area contributed by atoms with Crippen molar-refractivity contribution in [3.8, 4) is 0 Å². The smallest absolute Gasteiger partial charge is 0.0809 e. The van der Waals surface area contributed by atoms with Gasteiger partial charge in [-0.05, 0) is 73.7 Å². The SMILES string of the molecule is C=C1[C@@H]2CC[C@@H]3[C@@](CC[C@@H]4C(C)(C)CC[C@H](O)[C@]43C)(C2)[C@@H]1O. The Hall–Kier alpha value is -0.340. The number of rotatable bonds is 0. The quantitative estimate of drug-likeness (QED) is 0.666. The molecule has 0 radical (unpaired) electrons. The van der Waals surface area contributed by atoms with Crippen molar-refractivity contribution in [3.63, 3.8) is 0 Å². The van der Waals surface area contributed by atoms with Crippen molar-refractivity contribution < 1.29 is 10.2 Å². The van der Waals surface area contributed by atoms with Crippen LogP contribution < -0.4 is 0 Å². The van der Waals surface area contributed by atoms with Crippen LogP contribution in [0.3, 0.4) is 0 Å². The van der Waals surface area contributed by atoms with E-state index in [9.17, 15) is 10.2 Å². The van der Waals surface area contributed by atoms with E-state index in [2.05, 4.69) is 27.4 Å². The Labute approximate surface area is 135 Å². The van der Waals surface area contributed by atoms with E-state index in [1.54, 1.807) is 0 Å². The Morgan fingerprint density at radius 3 is 2.41 bits per heavy atom. The van der Waals surface area contributed by atoms with E-state index in [1.807, 2.05) is 0 Å². The number of aliphatic hydroxyl groups excluding tert-OH is 2. The van der Waals surface area contributed by atoms with Gasteiger partial charge in [0.15, 0.2) is 0 Å². The maximum atomic E-state index is 11.0. The molecule has 4 fully saturated rings. The van der Waals surface area contributed by atoms with Crippen LogP contribution in [0.25, 0.3) is 0 Å². The Balaban J connectivity index is 1.81. The minimum absolute atomic E-state index is 0.0135. The molecular weight excluding hydrogens is 272 g/mol. The van der Waals surface area contributed by atoms with Crippen LogP contribution >= 0.6 is 0 Å². The molecule has 0 aromatic rings. The minimum Gasteiger partial charge on any atom is -0.393 e. The molecule has 124 valence electrons. The lowest BCUT2D eigenvalue weighted by Crippen LogP contribution is -2.63. The average molecular weight is 304 g/mol. The molecular formula is C20H32O2. The standard InChI is InChI=1S/C20H32O2/c1-12-13-5-6-15-19(4)14(18(2,3)9-8-16(19)21)7-10-20(15,11-13)17(12)22/h13-17,21-22H,1,5-11H2,2-4H3/t13-,14-,15+,16+,17-,19-,20-/m1/s1. The van der Waals surface area contributed by atoms with E-state index >= 15 is 0 Å². The number of fused-ring (bicyclic) bond motifs is 3. The molecule has 4 saturated carbocycles. The fraction of sp³-hybridized carbons (Fsp3) is 0.900. The van der Waals surface area contributed by atoms with Gasteiger partial charge in [-0.15, -0.1) is 0 Å². The predicted molar refractivity (Wildman–Crippen MR) is 88.3 cm³/mol. The largest absolute Gasteiger partial charge is 0.393 e. The topological polar surface area (TPSA) is 40.5 Å². The molecule has 7 atom stereocenters. The summed E-state index contributed by atoms with van der Waals surface area (Å²) in [6.07, 6.45) is 7.26. The normalized spacial score (nSPS) is 56.4. The molecule has 0 aromatic heterocycles. The highest BCUT2D eigenvalue weighted by Crippen LogP contribution is 2.71. The highest BCUT2D eigenvalue weighted by atomic mass is 16.3. The predicted octanol–water partition coefficient (Wildman–Crippen LogP) is 3.92. The second kappa shape index (κ2) is 4.39. The molecule has 0 aliphatic heterocycles. The van der Waals surface area contributed by atoms with E-state index in [1.165, 1.54) is 6.42 Å². The van der Waals surface area contributed by atoms with Crippen molar-refractivity contribution in [1.82, 2.24) is 0 Å². The Morgan fingerprint density at radius 1 is 0.955 bits per heavy atom. The van der Waals surface area contributed by atoms with E-state index in [0.717, 1.165) is 44.1 Å². The van der Waals surface area contributed by atoms with Gasteiger partial charge in [0, 0.05) is 10.8 Å². The van der Waals surface area contributed by atoms with Gasteiger partial charge in [0.1, 0.15) is 0 Å². The average Bonchev–Trinajstić information content (AvgIpc) is 2.65. The number of hydrogen-bond donors (Lipinski definition) is 2. The van der Waals surface area contributed by atoms with E-state index in [-0.39, 0.29) is 23.0 Å². The van der Waals surface area contributed by atoms with Crippen molar-refractivity contribution in [2.45, 2.75) is 77.9 Å². The van der Waals surface area contributed by atoms with Gasteiger partial charge in [0.2, 0.25) is 0 Å². The monoisotopic (exact) mass is 304 g/mol. The van der Waals surface area contributed by atoms with Crippen molar-refractivity contribution in [2.75, 3.05) is 0 Å². The van der Waals surface area contributed by atoms with Gasteiger partial charge in [-0.25, -0.2) is 0 Å². The van der Waals surface area contributed by atoms with Crippen LogP contribution in [0.4, 0.5) is 0 Å². The summed E-state index contributed by atoms with van der Waals surface area (Å²) in [5.41, 5.74) is 1.39. The van der Waals surface area contributed by atoms with Crippen LogP contribution in [-0.4, -0.2) is 22.4 Å². The summed E-state index contributed by atoms with van der Waals surface area (Å²) >= 11 is 0. The molecule has 2 bridgehead atoms. The molecule has 4 rings (SSSR count). The van der Waals surface area contributed by atoms with E-state index in [4.69, 9.17) is 0 Å². The van der Waals surface area contributed by atoms with Crippen LogP contribution in [0.2, 0.25) is 0 Å². The van der Waals surface area contributed by atoms with Crippen molar-refractivity contribution in [1.29, 1.82) is 0 Å². The first-order valence-electron chi connectivity index (χ1n) is 9.28. The summed E-state index contributed by atoms with van der Waals surface area (Å²) in [7, 11) is 0. The fourth-order valence-corrected chi connectivity index (χ4v) is 7.57. The summed E-state index contributed by atoms with van der Waals surface area (Å²) in [5.74, 6) is 1.57. The van der Waals surface area contributed by atoms with Gasteiger partial charge >= 0.3 is 0 Å². The van der Waals surface area contributed by atoms with Gasteiger partial charge in [-0.2, -0.15) is 0 Å². The maximum Gasteiger partial charge on any atom is 0.0809 e. The molecule has 22 heavy (non-hydrogen) atoms. The van der Waals surface area contributed by atoms with Crippen molar-refractivity contribution >= 4 is 0 Å². The lowest BCUT2D eigenvalue weighted by molar-refractivity contribution is -0.213. The molecule has 0 unspecified atom stereocenters. The molecule has 0 amide bonds. The molecule has 2 nitrogen and oxygen atoms in total. The third kappa shape index (κ3) is 1.59. The van der Waals surface area contributed by atoms with Gasteiger partial charge in [-0.3, -0.25) is 0 Å². The summed E-state index contributed by atoms with van der Waals surface area (Å²) in [6, 6.07) is 0. The van der Waals surface area contributed by atoms with E-state index < -0.39 is 0 Å². The molecule has 4 aliphatic carbocycles. The third-order valence-electron chi connectivity index (χ3n) is 8.67. The molecule has 0 saturated heterocycles. The first kappa shape index (κ1) is 15.2. The summed E-state index contributed by atoms with van der Waals surface area (Å²) in [4.78, 5) is 0. The Bertz CT molecular complexity index is 510. The summed E-state index contributed by atoms with van der Waals surface area (Å²) in [5, 5.41) is 22.0. The highest BCUT2D eigenvalue weighted by molar-refractivity contribution is 5.27. The molecule has 2 N–H and O–H groups in total. The number of hydrogen-bond acceptors (Lipinski definition) is 2. The van der Waals surface area contributed by atoms with Crippen molar-refractivity contribution in [2.24, 2.45) is 34.0 Å². The third-order valence-corrected chi connectivity index (χ3v) is 8.67. The highest BCUT2D eigenvalue weighted by Gasteiger charge is 2.68. The first-order chi connectivity index (χ1) is 10.2. The number of aliphatic hydroxyl groups is 2. The van der Waals surface area contributed by atoms with Gasteiger partial charge in [-0.1, -0.05) is 27.4 Å². The molecule has 0 aromatic carbocycles. The van der Waals surface area contributed by atoms with Crippen LogP contribution in [0.15, 0.2) is 12.2 Å². The molecule has 4 aliphatic rings. The van der Waals surface area contributed by atoms with E-state index in [0.29, 0.717) is 23.2 Å². The minimum atomic E-state index is -0.333. The Morgan fingerprint density at radius 2 is 1.68 bits per heavy atom. The van der Waals surface area contributed by atoms with Crippen LogP contribution in [0, 0.1) is 34.0 Å². The zero-order valence-corrected chi connectivity index (χ0v) is 14.4. The molecule has 2 heteroatoms. The van der Waals surface area contributed by atoms with Crippen LogP contribution in [0.5, 0.6) is 0 Å². The van der Waals surface area contributed by atoms with Gasteiger partial charge in [0.25, 0.3) is 0 Å². The molecule has 0 heterocycles. The second-order valence-corrected chi connectivity index (χ2v) is 9.74. The summed E-state index contributed by atoms with van der Waals surface area (Å²) < 4.78 is 0. The fourth-order valence-electron chi connectivity index (χ4n) is 7.57. The maximum absolute atomic E-state index is 11.0. The Kier molecular flexibility index (Phi) is 3.03.